The maximum absolute atomic E-state index is 11.2. The van der Waals surface area contributed by atoms with Gasteiger partial charge in [0, 0.05) is 14.1 Å². The van der Waals surface area contributed by atoms with Gasteiger partial charge in [-0.25, -0.2) is 4.98 Å². The zero-order chi connectivity index (χ0) is 15.6. The van der Waals surface area contributed by atoms with Crippen LogP contribution in [0.1, 0.15) is 10.4 Å². The minimum Gasteiger partial charge on any atom is -0.375 e. The molecule has 0 saturated carbocycles. The van der Waals surface area contributed by atoms with E-state index >= 15 is 0 Å². The summed E-state index contributed by atoms with van der Waals surface area (Å²) < 4.78 is 0.464. The van der Waals surface area contributed by atoms with Gasteiger partial charge in [0.2, 0.25) is 0 Å². The largest absolute Gasteiger partial charge is 0.375 e. The molecular formula is C14H12BrCl2N3O. The molecule has 1 heterocycles. The van der Waals surface area contributed by atoms with Crippen LogP contribution in [0.2, 0.25) is 10.0 Å². The fourth-order valence-electron chi connectivity index (χ4n) is 1.87. The Morgan fingerprint density at radius 3 is 2.62 bits per heavy atom. The second-order valence-corrected chi connectivity index (χ2v) is 6.04. The van der Waals surface area contributed by atoms with E-state index in [1.807, 2.05) is 31.1 Å². The number of carbonyl (C=O) groups excluding carboxylic acids is 1. The van der Waals surface area contributed by atoms with E-state index in [0.29, 0.717) is 32.3 Å². The quantitative estimate of drug-likeness (QED) is 0.605. The van der Waals surface area contributed by atoms with Crippen molar-refractivity contribution in [3.63, 3.8) is 0 Å². The van der Waals surface area contributed by atoms with Crippen molar-refractivity contribution in [3.05, 3.63) is 44.5 Å². The van der Waals surface area contributed by atoms with Crippen molar-refractivity contribution in [2.75, 3.05) is 24.3 Å². The first-order chi connectivity index (χ1) is 9.93. The third-order valence-corrected chi connectivity index (χ3v) is 4.20. The first-order valence-electron chi connectivity index (χ1n) is 5.98. The van der Waals surface area contributed by atoms with Gasteiger partial charge in [0.05, 0.1) is 27.0 Å². The number of nitrogens with zero attached hydrogens (tertiary/aromatic N) is 2. The van der Waals surface area contributed by atoms with Gasteiger partial charge >= 0.3 is 0 Å². The van der Waals surface area contributed by atoms with Gasteiger partial charge in [-0.2, -0.15) is 0 Å². The molecule has 1 aromatic heterocycles. The average molecular weight is 389 g/mol. The van der Waals surface area contributed by atoms with Crippen LogP contribution in [0, 0.1) is 0 Å². The van der Waals surface area contributed by atoms with Crippen LogP contribution >= 0.6 is 39.1 Å². The SMILES string of the molecule is CN(C)c1c(Cl)cccc1Nc1nc(Br)c(Cl)cc1C=O. The highest BCUT2D eigenvalue weighted by atomic mass is 79.9. The van der Waals surface area contributed by atoms with E-state index in [4.69, 9.17) is 23.2 Å². The molecule has 4 nitrogen and oxygen atoms in total. The molecule has 7 heteroatoms. The minimum atomic E-state index is 0.368. The molecule has 0 bridgehead atoms. The summed E-state index contributed by atoms with van der Waals surface area (Å²) >= 11 is 15.4. The van der Waals surface area contributed by atoms with Crippen LogP contribution in [-0.4, -0.2) is 25.4 Å². The summed E-state index contributed by atoms with van der Waals surface area (Å²) in [6.07, 6.45) is 0.702. The number of pyridine rings is 1. The van der Waals surface area contributed by atoms with Crippen molar-refractivity contribution >= 4 is 62.6 Å². The predicted octanol–water partition coefficient (Wildman–Crippen LogP) is 4.77. The lowest BCUT2D eigenvalue weighted by Crippen LogP contribution is -2.12. The summed E-state index contributed by atoms with van der Waals surface area (Å²) in [4.78, 5) is 17.3. The Balaban J connectivity index is 2.50. The van der Waals surface area contributed by atoms with Crippen molar-refractivity contribution in [3.8, 4) is 0 Å². The first kappa shape index (κ1) is 16.1. The number of halogens is 3. The molecule has 0 amide bonds. The Morgan fingerprint density at radius 2 is 2.00 bits per heavy atom. The number of para-hydroxylation sites is 1. The normalized spacial score (nSPS) is 10.3. The third kappa shape index (κ3) is 3.48. The lowest BCUT2D eigenvalue weighted by atomic mass is 10.2. The molecule has 0 radical (unpaired) electrons. The highest BCUT2D eigenvalue weighted by Crippen LogP contribution is 2.35. The molecule has 0 aliphatic rings. The number of aldehydes is 1. The maximum Gasteiger partial charge on any atom is 0.153 e. The van der Waals surface area contributed by atoms with Gasteiger partial charge in [-0.05, 0) is 34.1 Å². The molecule has 110 valence electrons. The average Bonchev–Trinajstić information content (AvgIpc) is 2.42. The number of nitrogens with one attached hydrogen (secondary N) is 1. The molecule has 2 aromatic rings. The Hall–Kier alpha value is -1.30. The van der Waals surface area contributed by atoms with Crippen molar-refractivity contribution in [1.29, 1.82) is 0 Å². The van der Waals surface area contributed by atoms with Gasteiger partial charge < -0.3 is 10.2 Å². The van der Waals surface area contributed by atoms with Gasteiger partial charge in [-0.1, -0.05) is 29.3 Å². The van der Waals surface area contributed by atoms with Crippen LogP contribution in [0.5, 0.6) is 0 Å². The smallest absolute Gasteiger partial charge is 0.153 e. The van der Waals surface area contributed by atoms with Crippen molar-refractivity contribution in [2.45, 2.75) is 0 Å². The maximum atomic E-state index is 11.2. The lowest BCUT2D eigenvalue weighted by molar-refractivity contribution is 0.112. The zero-order valence-electron chi connectivity index (χ0n) is 11.3. The predicted molar refractivity (Wildman–Crippen MR) is 91.4 cm³/mol. The standard InChI is InChI=1S/C14H12BrCl2N3O/c1-20(2)12-9(16)4-3-5-11(12)18-14-8(7-21)6-10(17)13(15)19-14/h3-7H,1-2H3,(H,18,19). The molecule has 0 spiro atoms. The molecule has 0 saturated heterocycles. The second-order valence-electron chi connectivity index (χ2n) is 4.47. The number of hydrogen-bond acceptors (Lipinski definition) is 4. The van der Waals surface area contributed by atoms with Crippen molar-refractivity contribution in [2.24, 2.45) is 0 Å². The summed E-state index contributed by atoms with van der Waals surface area (Å²) in [7, 11) is 3.77. The van der Waals surface area contributed by atoms with Crippen LogP contribution in [0.3, 0.4) is 0 Å². The molecule has 0 atom stereocenters. The highest BCUT2D eigenvalue weighted by Gasteiger charge is 2.13. The molecule has 0 unspecified atom stereocenters. The summed E-state index contributed by atoms with van der Waals surface area (Å²) in [5, 5.41) is 4.10. The van der Waals surface area contributed by atoms with E-state index in [0.717, 1.165) is 11.4 Å². The monoisotopic (exact) mass is 387 g/mol. The van der Waals surface area contributed by atoms with E-state index in [1.54, 1.807) is 12.1 Å². The zero-order valence-corrected chi connectivity index (χ0v) is 14.4. The molecule has 1 N–H and O–H groups in total. The Bertz CT molecular complexity index is 692. The lowest BCUT2D eigenvalue weighted by Gasteiger charge is -2.20. The summed E-state index contributed by atoms with van der Waals surface area (Å²) in [6, 6.07) is 7.03. The second kappa shape index (κ2) is 6.64. The van der Waals surface area contributed by atoms with E-state index < -0.39 is 0 Å². The first-order valence-corrected chi connectivity index (χ1v) is 7.53. The molecule has 0 aliphatic carbocycles. The van der Waals surface area contributed by atoms with Crippen molar-refractivity contribution < 1.29 is 4.79 Å². The summed E-state index contributed by atoms with van der Waals surface area (Å²) in [5.41, 5.74) is 1.93. The summed E-state index contributed by atoms with van der Waals surface area (Å²) in [5.74, 6) is 0.409. The van der Waals surface area contributed by atoms with Gasteiger partial charge in [0.25, 0.3) is 0 Å². The molecular weight excluding hydrogens is 377 g/mol. The van der Waals surface area contributed by atoms with E-state index in [2.05, 4.69) is 26.2 Å². The Labute approximate surface area is 141 Å². The van der Waals surface area contributed by atoms with Crippen LogP contribution in [0.4, 0.5) is 17.2 Å². The minimum absolute atomic E-state index is 0.368. The van der Waals surface area contributed by atoms with E-state index in [1.165, 1.54) is 0 Å². The van der Waals surface area contributed by atoms with Crippen LogP contribution in [0.25, 0.3) is 0 Å². The molecule has 0 fully saturated rings. The summed E-state index contributed by atoms with van der Waals surface area (Å²) in [6.45, 7) is 0. The number of anilines is 3. The number of aromatic nitrogens is 1. The van der Waals surface area contributed by atoms with Gasteiger partial charge in [-0.3, -0.25) is 4.79 Å². The Morgan fingerprint density at radius 1 is 1.29 bits per heavy atom. The molecule has 21 heavy (non-hydrogen) atoms. The van der Waals surface area contributed by atoms with Crippen LogP contribution < -0.4 is 10.2 Å². The van der Waals surface area contributed by atoms with E-state index in [-0.39, 0.29) is 0 Å². The fraction of sp³-hybridized carbons (Fsp3) is 0.143. The molecule has 1 aromatic carbocycles. The van der Waals surface area contributed by atoms with Crippen molar-refractivity contribution in [1.82, 2.24) is 4.98 Å². The third-order valence-electron chi connectivity index (χ3n) is 2.78. The number of carbonyl (C=O) groups is 1. The van der Waals surface area contributed by atoms with Crippen LogP contribution in [0.15, 0.2) is 28.9 Å². The van der Waals surface area contributed by atoms with Gasteiger partial charge in [0.1, 0.15) is 10.4 Å². The molecule has 2 rings (SSSR count). The molecule has 0 aliphatic heterocycles. The fourth-order valence-corrected chi connectivity index (χ4v) is 2.66. The highest BCUT2D eigenvalue weighted by molar-refractivity contribution is 9.10. The van der Waals surface area contributed by atoms with Gasteiger partial charge in [0.15, 0.2) is 6.29 Å². The van der Waals surface area contributed by atoms with E-state index in [9.17, 15) is 4.79 Å². The number of benzene rings is 1. The van der Waals surface area contributed by atoms with Gasteiger partial charge in [-0.15, -0.1) is 0 Å². The number of hydrogen-bond donors (Lipinski definition) is 1. The number of rotatable bonds is 4. The Kier molecular flexibility index (Phi) is 5.08. The topological polar surface area (TPSA) is 45.2 Å². The van der Waals surface area contributed by atoms with Crippen LogP contribution in [-0.2, 0) is 0 Å².